The van der Waals surface area contributed by atoms with Crippen molar-refractivity contribution in [1.82, 2.24) is 5.43 Å². The first-order chi connectivity index (χ1) is 17.3. The van der Waals surface area contributed by atoms with Gasteiger partial charge in [0.2, 0.25) is 0 Å². The molecule has 0 bridgehead atoms. The summed E-state index contributed by atoms with van der Waals surface area (Å²) in [7, 11) is 3.02. The molecule has 0 saturated heterocycles. The minimum atomic E-state index is -0.581. The maximum atomic E-state index is 13.1. The largest absolute Gasteiger partial charge is 0.497 e. The third kappa shape index (κ3) is 4.90. The van der Waals surface area contributed by atoms with E-state index in [4.69, 9.17) is 13.9 Å². The molecule has 0 radical (unpaired) electrons. The molecule has 1 aliphatic carbocycles. The lowest BCUT2D eigenvalue weighted by Crippen LogP contribution is -2.22. The first-order valence-electron chi connectivity index (χ1n) is 11.1. The summed E-state index contributed by atoms with van der Waals surface area (Å²) < 4.78 is 16.5. The fraction of sp³-hybridized carbons (Fsp3) is 0.240. The zero-order valence-corrected chi connectivity index (χ0v) is 19.9. The van der Waals surface area contributed by atoms with Gasteiger partial charge in [0.1, 0.15) is 17.3 Å². The highest BCUT2D eigenvalue weighted by molar-refractivity contribution is 6.10. The van der Waals surface area contributed by atoms with Gasteiger partial charge in [0, 0.05) is 41.3 Å². The molecule has 1 heterocycles. The van der Waals surface area contributed by atoms with Gasteiger partial charge in [-0.25, -0.2) is 5.43 Å². The predicted octanol–water partition coefficient (Wildman–Crippen LogP) is 4.24. The smallest absolute Gasteiger partial charge is 0.291 e. The Bertz CT molecular complexity index is 1380. The molecular formula is C25H24N4O7. The summed E-state index contributed by atoms with van der Waals surface area (Å²) in [5.74, 6) is 0.699. The van der Waals surface area contributed by atoms with Crippen molar-refractivity contribution in [3.8, 4) is 11.5 Å². The molecule has 2 aromatic carbocycles. The molecule has 0 unspecified atom stereocenters. The summed E-state index contributed by atoms with van der Waals surface area (Å²) in [6, 6.07) is 10.4. The number of nitro groups is 1. The number of carbonyl (C=O) groups is 2. The molecule has 0 saturated carbocycles. The van der Waals surface area contributed by atoms with Gasteiger partial charge in [-0.2, -0.15) is 5.10 Å². The highest BCUT2D eigenvalue weighted by atomic mass is 16.6. The second kappa shape index (κ2) is 10.3. The van der Waals surface area contributed by atoms with E-state index in [0.717, 1.165) is 6.42 Å². The van der Waals surface area contributed by atoms with Crippen LogP contribution in [0.25, 0.3) is 0 Å². The minimum Gasteiger partial charge on any atom is -0.497 e. The number of carbonyl (C=O) groups excluding carboxylic acids is 2. The quantitative estimate of drug-likeness (QED) is 0.371. The van der Waals surface area contributed by atoms with Gasteiger partial charge < -0.3 is 19.2 Å². The normalized spacial score (nSPS) is 13.6. The molecule has 0 atom stereocenters. The van der Waals surface area contributed by atoms with Crippen LogP contribution in [-0.2, 0) is 6.42 Å². The van der Waals surface area contributed by atoms with E-state index in [1.807, 2.05) is 0 Å². The first kappa shape index (κ1) is 24.5. The molecule has 3 aromatic rings. The standard InChI is InChI=1S/C25H24N4O7/c1-14-22-18(27-28-24(30)15-6-4-7-16(12-15)29(32)33)8-5-9-21(22)36-23(14)25(31)26-19-13-17(34-2)10-11-20(19)35-3/h4,6-7,10-13H,5,8-9H2,1-3H3,(H,26,31)(H,28,30)/b27-18+. The molecule has 186 valence electrons. The van der Waals surface area contributed by atoms with Crippen LogP contribution in [0.2, 0.25) is 0 Å². The van der Waals surface area contributed by atoms with Crippen LogP contribution in [0.3, 0.4) is 0 Å². The Kier molecular flexibility index (Phi) is 7.00. The van der Waals surface area contributed by atoms with Crippen molar-refractivity contribution in [2.24, 2.45) is 5.10 Å². The average Bonchev–Trinajstić information content (AvgIpc) is 3.24. The van der Waals surface area contributed by atoms with Crippen molar-refractivity contribution in [2.75, 3.05) is 19.5 Å². The minimum absolute atomic E-state index is 0.112. The predicted molar refractivity (Wildman–Crippen MR) is 131 cm³/mol. The van der Waals surface area contributed by atoms with Gasteiger partial charge in [0.15, 0.2) is 5.76 Å². The summed E-state index contributed by atoms with van der Waals surface area (Å²) in [5, 5.41) is 18.0. The molecule has 0 spiro atoms. The zero-order chi connectivity index (χ0) is 25.8. The van der Waals surface area contributed by atoms with Crippen molar-refractivity contribution in [3.05, 3.63) is 80.8 Å². The molecule has 0 fully saturated rings. The van der Waals surface area contributed by atoms with Gasteiger partial charge in [-0.1, -0.05) is 6.07 Å². The second-order valence-electron chi connectivity index (χ2n) is 8.04. The number of nitrogens with one attached hydrogen (secondary N) is 2. The summed E-state index contributed by atoms with van der Waals surface area (Å²) in [6.07, 6.45) is 1.90. The second-order valence-corrected chi connectivity index (χ2v) is 8.04. The third-order valence-electron chi connectivity index (χ3n) is 5.80. The van der Waals surface area contributed by atoms with Crippen LogP contribution in [0.15, 0.2) is 52.0 Å². The van der Waals surface area contributed by atoms with Crippen LogP contribution in [-0.4, -0.2) is 36.7 Å². The van der Waals surface area contributed by atoms with Crippen molar-refractivity contribution in [3.63, 3.8) is 0 Å². The molecule has 2 amide bonds. The van der Waals surface area contributed by atoms with Crippen molar-refractivity contribution in [1.29, 1.82) is 0 Å². The number of amides is 2. The van der Waals surface area contributed by atoms with E-state index in [1.165, 1.54) is 38.5 Å². The number of non-ortho nitro benzene ring substituents is 1. The highest BCUT2D eigenvalue weighted by Gasteiger charge is 2.28. The van der Waals surface area contributed by atoms with E-state index >= 15 is 0 Å². The number of aryl methyl sites for hydroxylation is 1. The van der Waals surface area contributed by atoms with E-state index in [2.05, 4.69) is 15.8 Å². The fourth-order valence-electron chi connectivity index (χ4n) is 4.03. The zero-order valence-electron chi connectivity index (χ0n) is 19.9. The topological polar surface area (TPSA) is 145 Å². The van der Waals surface area contributed by atoms with Gasteiger partial charge in [-0.05, 0) is 38.0 Å². The monoisotopic (exact) mass is 492 g/mol. The number of ether oxygens (including phenoxy) is 2. The van der Waals surface area contributed by atoms with E-state index < -0.39 is 16.7 Å². The number of hydrogen-bond acceptors (Lipinski definition) is 8. The Morgan fingerprint density at radius 2 is 1.89 bits per heavy atom. The van der Waals surface area contributed by atoms with E-state index in [-0.39, 0.29) is 17.0 Å². The van der Waals surface area contributed by atoms with Gasteiger partial charge in [0.25, 0.3) is 17.5 Å². The van der Waals surface area contributed by atoms with Crippen LogP contribution in [0.5, 0.6) is 11.5 Å². The maximum absolute atomic E-state index is 13.1. The number of nitrogens with zero attached hydrogens (tertiary/aromatic N) is 2. The first-order valence-corrected chi connectivity index (χ1v) is 11.1. The number of methoxy groups -OCH3 is 2. The van der Waals surface area contributed by atoms with Gasteiger partial charge in [0.05, 0.1) is 30.5 Å². The summed E-state index contributed by atoms with van der Waals surface area (Å²) in [4.78, 5) is 36.1. The maximum Gasteiger partial charge on any atom is 0.291 e. The van der Waals surface area contributed by atoms with E-state index in [0.29, 0.717) is 52.6 Å². The summed E-state index contributed by atoms with van der Waals surface area (Å²) >= 11 is 0. The van der Waals surface area contributed by atoms with Crippen LogP contribution in [0.4, 0.5) is 11.4 Å². The molecule has 2 N–H and O–H groups in total. The number of fused-ring (bicyclic) bond motifs is 1. The summed E-state index contributed by atoms with van der Waals surface area (Å²) in [5.41, 5.74) is 4.63. The molecule has 36 heavy (non-hydrogen) atoms. The number of nitro benzene ring substituents is 1. The average molecular weight is 492 g/mol. The fourth-order valence-corrected chi connectivity index (χ4v) is 4.03. The van der Waals surface area contributed by atoms with Gasteiger partial charge in [-0.3, -0.25) is 19.7 Å². The Morgan fingerprint density at radius 3 is 2.61 bits per heavy atom. The van der Waals surface area contributed by atoms with Gasteiger partial charge in [-0.15, -0.1) is 0 Å². The van der Waals surface area contributed by atoms with Crippen LogP contribution in [0, 0.1) is 17.0 Å². The van der Waals surface area contributed by atoms with Crippen LogP contribution >= 0.6 is 0 Å². The molecule has 11 nitrogen and oxygen atoms in total. The lowest BCUT2D eigenvalue weighted by Gasteiger charge is -2.13. The molecule has 0 aliphatic heterocycles. The Morgan fingerprint density at radius 1 is 1.08 bits per heavy atom. The molecule has 11 heteroatoms. The third-order valence-corrected chi connectivity index (χ3v) is 5.80. The lowest BCUT2D eigenvalue weighted by molar-refractivity contribution is -0.384. The van der Waals surface area contributed by atoms with Crippen molar-refractivity contribution < 1.29 is 28.4 Å². The Balaban J connectivity index is 1.58. The molecular weight excluding hydrogens is 468 g/mol. The van der Waals surface area contributed by atoms with Crippen LogP contribution in [0.1, 0.15) is 50.6 Å². The van der Waals surface area contributed by atoms with Crippen molar-refractivity contribution in [2.45, 2.75) is 26.2 Å². The number of hydrazone groups is 1. The van der Waals surface area contributed by atoms with E-state index in [9.17, 15) is 19.7 Å². The van der Waals surface area contributed by atoms with Crippen molar-refractivity contribution >= 4 is 28.9 Å². The Hall–Kier alpha value is -4.67. The van der Waals surface area contributed by atoms with E-state index in [1.54, 1.807) is 25.1 Å². The molecule has 4 rings (SSSR count). The number of benzene rings is 2. The number of furan rings is 1. The SMILES string of the molecule is COc1ccc(OC)c(NC(=O)c2oc3c(c2C)/C(=N/NC(=O)c2cccc([N+](=O)[O-])c2)CCC3)c1. The Labute approximate surface area is 206 Å². The lowest BCUT2D eigenvalue weighted by atomic mass is 9.93. The number of anilines is 1. The van der Waals surface area contributed by atoms with Crippen LogP contribution < -0.4 is 20.2 Å². The van der Waals surface area contributed by atoms with Gasteiger partial charge >= 0.3 is 0 Å². The number of rotatable bonds is 7. The molecule has 1 aromatic heterocycles. The molecule has 1 aliphatic rings. The number of hydrogen-bond donors (Lipinski definition) is 2. The highest BCUT2D eigenvalue weighted by Crippen LogP contribution is 2.33. The summed E-state index contributed by atoms with van der Waals surface area (Å²) in [6.45, 7) is 1.75.